The van der Waals surface area contributed by atoms with Crippen LogP contribution in [0.4, 0.5) is 22.7 Å². The van der Waals surface area contributed by atoms with Crippen molar-refractivity contribution in [3.63, 3.8) is 0 Å². The first-order valence-corrected chi connectivity index (χ1v) is 15.0. The largest absolute Gasteiger partial charge is 0.369 e. The Hall–Kier alpha value is -3.03. The van der Waals surface area contributed by atoms with Crippen molar-refractivity contribution >= 4 is 72.7 Å². The molecule has 1 aliphatic heterocycles. The van der Waals surface area contributed by atoms with Crippen molar-refractivity contribution < 1.29 is 21.6 Å². The lowest BCUT2D eigenvalue weighted by molar-refractivity contribution is -0.114. The molecule has 0 aliphatic carbocycles. The van der Waals surface area contributed by atoms with E-state index in [0.717, 1.165) is 31.9 Å². The Morgan fingerprint density at radius 3 is 1.97 bits per heavy atom. The van der Waals surface area contributed by atoms with Gasteiger partial charge >= 0.3 is 0 Å². The fraction of sp³-hybridized carbons (Fsp3) is 0.240. The van der Waals surface area contributed by atoms with E-state index in [4.69, 9.17) is 11.6 Å². The van der Waals surface area contributed by atoms with Gasteiger partial charge in [-0.2, -0.15) is 0 Å². The summed E-state index contributed by atoms with van der Waals surface area (Å²) in [6, 6.07) is 16.6. The molecule has 3 aromatic rings. The lowest BCUT2D eigenvalue weighted by Crippen LogP contribution is -2.44. The van der Waals surface area contributed by atoms with Crippen molar-refractivity contribution in [1.29, 1.82) is 0 Å². The standard InChI is InChI=1S/C25H28ClN5O5S2.ClH/c1-18(32)27-23-11-9-21(17-22(23)26)38(35,36)28-24-10-8-19(31-14-12-30(2)13-15-31)16-25(24)29-37(33,34)20-6-4-3-5-7-20;/h3-11,16-17,28-29H,12-15H2,1-2H3,(H,27,32);1H. The van der Waals surface area contributed by atoms with E-state index in [2.05, 4.69) is 24.6 Å². The number of amides is 1. The molecule has 210 valence electrons. The zero-order chi connectivity index (χ0) is 27.5. The third-order valence-electron chi connectivity index (χ3n) is 5.98. The number of hydrogen-bond acceptors (Lipinski definition) is 7. The number of carbonyl (C=O) groups excluding carboxylic acids is 1. The molecule has 1 fully saturated rings. The van der Waals surface area contributed by atoms with Gasteiger partial charge in [-0.3, -0.25) is 14.2 Å². The molecule has 39 heavy (non-hydrogen) atoms. The molecule has 1 aliphatic rings. The van der Waals surface area contributed by atoms with E-state index < -0.39 is 20.0 Å². The number of piperazine rings is 1. The van der Waals surface area contributed by atoms with E-state index in [1.807, 2.05) is 7.05 Å². The molecule has 0 unspecified atom stereocenters. The molecule has 14 heteroatoms. The van der Waals surface area contributed by atoms with Gasteiger partial charge in [0.2, 0.25) is 5.91 Å². The van der Waals surface area contributed by atoms with Crippen LogP contribution in [0.5, 0.6) is 0 Å². The van der Waals surface area contributed by atoms with E-state index in [0.29, 0.717) is 0 Å². The van der Waals surface area contributed by atoms with E-state index in [9.17, 15) is 21.6 Å². The van der Waals surface area contributed by atoms with Crippen molar-refractivity contribution in [3.05, 3.63) is 71.8 Å². The lowest BCUT2D eigenvalue weighted by atomic mass is 10.2. The van der Waals surface area contributed by atoms with Gasteiger partial charge in [0, 0.05) is 38.8 Å². The minimum absolute atomic E-state index is 0. The SMILES string of the molecule is CC(=O)Nc1ccc(S(=O)(=O)Nc2ccc(N3CCN(C)CC3)cc2NS(=O)(=O)c2ccccc2)cc1Cl.Cl. The van der Waals surface area contributed by atoms with Crippen LogP contribution in [0.25, 0.3) is 0 Å². The monoisotopic (exact) mass is 613 g/mol. The highest BCUT2D eigenvalue weighted by Crippen LogP contribution is 2.33. The summed E-state index contributed by atoms with van der Waals surface area (Å²) in [5.41, 5.74) is 1.15. The van der Waals surface area contributed by atoms with E-state index >= 15 is 0 Å². The number of nitrogens with zero attached hydrogens (tertiary/aromatic N) is 2. The van der Waals surface area contributed by atoms with Gasteiger partial charge in [-0.1, -0.05) is 29.8 Å². The molecule has 3 N–H and O–H groups in total. The molecule has 4 rings (SSSR count). The second-order valence-electron chi connectivity index (χ2n) is 8.87. The summed E-state index contributed by atoms with van der Waals surface area (Å²) in [6.45, 7) is 4.48. The molecule has 0 atom stereocenters. The summed E-state index contributed by atoms with van der Waals surface area (Å²) < 4.78 is 57.8. The average Bonchev–Trinajstić information content (AvgIpc) is 2.87. The minimum Gasteiger partial charge on any atom is -0.369 e. The molecule has 0 aromatic heterocycles. The molecule has 1 saturated heterocycles. The molecule has 1 amide bonds. The minimum atomic E-state index is -4.17. The molecule has 10 nitrogen and oxygen atoms in total. The van der Waals surface area contributed by atoms with Gasteiger partial charge in [-0.25, -0.2) is 16.8 Å². The number of likely N-dealkylation sites (N-methyl/N-ethyl adjacent to an activating group) is 1. The molecule has 0 saturated carbocycles. The van der Waals surface area contributed by atoms with Crippen molar-refractivity contribution in [2.45, 2.75) is 16.7 Å². The first-order valence-electron chi connectivity index (χ1n) is 11.7. The normalized spacial score (nSPS) is 14.3. The van der Waals surface area contributed by atoms with E-state index in [1.165, 1.54) is 43.3 Å². The Bertz CT molecular complexity index is 1550. The second kappa shape index (κ2) is 12.4. The number of anilines is 4. The van der Waals surface area contributed by atoms with Crippen LogP contribution in [-0.2, 0) is 24.8 Å². The average molecular weight is 615 g/mol. The Kier molecular flexibility index (Phi) is 9.73. The number of carbonyl (C=O) groups is 1. The fourth-order valence-electron chi connectivity index (χ4n) is 3.93. The van der Waals surface area contributed by atoms with Crippen LogP contribution in [0.1, 0.15) is 6.92 Å². The predicted molar refractivity (Wildman–Crippen MR) is 157 cm³/mol. The van der Waals surface area contributed by atoms with Crippen molar-refractivity contribution in [2.24, 2.45) is 0 Å². The van der Waals surface area contributed by atoms with Crippen LogP contribution >= 0.6 is 24.0 Å². The number of rotatable bonds is 8. The number of benzene rings is 3. The van der Waals surface area contributed by atoms with Crippen LogP contribution in [0.15, 0.2) is 76.5 Å². The van der Waals surface area contributed by atoms with Gasteiger partial charge in [0.15, 0.2) is 0 Å². The summed E-state index contributed by atoms with van der Waals surface area (Å²) in [5, 5.41) is 2.56. The summed E-state index contributed by atoms with van der Waals surface area (Å²) in [5.74, 6) is -0.351. The Balaban J connectivity index is 0.00000420. The molecular weight excluding hydrogens is 585 g/mol. The molecular formula is C25H29Cl2N5O5S2. The van der Waals surface area contributed by atoms with Crippen molar-refractivity contribution in [3.8, 4) is 0 Å². The smallest absolute Gasteiger partial charge is 0.262 e. The van der Waals surface area contributed by atoms with Gasteiger partial charge in [-0.05, 0) is 55.6 Å². The van der Waals surface area contributed by atoms with Gasteiger partial charge in [0.05, 0.1) is 31.9 Å². The summed E-state index contributed by atoms with van der Waals surface area (Å²) in [7, 11) is -6.15. The van der Waals surface area contributed by atoms with E-state index in [1.54, 1.807) is 30.3 Å². The Morgan fingerprint density at radius 1 is 0.769 bits per heavy atom. The Morgan fingerprint density at radius 2 is 1.36 bits per heavy atom. The van der Waals surface area contributed by atoms with Crippen LogP contribution in [0, 0.1) is 0 Å². The molecule has 0 bridgehead atoms. The summed E-state index contributed by atoms with van der Waals surface area (Å²) in [4.78, 5) is 15.5. The molecule has 0 spiro atoms. The van der Waals surface area contributed by atoms with Gasteiger partial charge in [0.25, 0.3) is 20.0 Å². The maximum absolute atomic E-state index is 13.2. The lowest BCUT2D eigenvalue weighted by Gasteiger charge is -2.34. The predicted octanol–water partition coefficient (Wildman–Crippen LogP) is 4.07. The number of sulfonamides is 2. The third kappa shape index (κ3) is 7.55. The highest BCUT2D eigenvalue weighted by atomic mass is 35.5. The first-order chi connectivity index (χ1) is 17.9. The van der Waals surface area contributed by atoms with Crippen LogP contribution in [0.3, 0.4) is 0 Å². The maximum Gasteiger partial charge on any atom is 0.262 e. The Labute approximate surface area is 239 Å². The zero-order valence-corrected chi connectivity index (χ0v) is 24.4. The summed E-state index contributed by atoms with van der Waals surface area (Å²) >= 11 is 6.18. The first kappa shape index (κ1) is 30.5. The van der Waals surface area contributed by atoms with Gasteiger partial charge < -0.3 is 15.1 Å². The topological polar surface area (TPSA) is 128 Å². The highest BCUT2D eigenvalue weighted by molar-refractivity contribution is 7.93. The summed E-state index contributed by atoms with van der Waals surface area (Å²) in [6.07, 6.45) is 0. The quantitative estimate of drug-likeness (QED) is 0.349. The second-order valence-corrected chi connectivity index (χ2v) is 12.6. The number of nitrogens with one attached hydrogen (secondary N) is 3. The van der Waals surface area contributed by atoms with Gasteiger partial charge in [0.1, 0.15) is 0 Å². The highest BCUT2D eigenvalue weighted by Gasteiger charge is 2.23. The van der Waals surface area contributed by atoms with Crippen molar-refractivity contribution in [1.82, 2.24) is 4.90 Å². The van der Waals surface area contributed by atoms with Crippen molar-refractivity contribution in [2.75, 3.05) is 52.9 Å². The van der Waals surface area contributed by atoms with E-state index in [-0.39, 0.29) is 50.2 Å². The van der Waals surface area contributed by atoms with Crippen LogP contribution in [-0.4, -0.2) is 60.9 Å². The molecule has 3 aromatic carbocycles. The zero-order valence-electron chi connectivity index (χ0n) is 21.2. The number of halogens is 2. The third-order valence-corrected chi connectivity index (χ3v) is 9.03. The van der Waals surface area contributed by atoms with Crippen LogP contribution in [0.2, 0.25) is 5.02 Å². The molecule has 0 radical (unpaired) electrons. The maximum atomic E-state index is 13.2. The molecule has 1 heterocycles. The van der Waals surface area contributed by atoms with Gasteiger partial charge in [-0.15, -0.1) is 12.4 Å². The fourth-order valence-corrected chi connectivity index (χ4v) is 6.42. The number of hydrogen-bond donors (Lipinski definition) is 3. The van der Waals surface area contributed by atoms with Crippen LogP contribution < -0.4 is 19.7 Å².